The van der Waals surface area contributed by atoms with E-state index in [-0.39, 0.29) is 12.1 Å². The molecule has 9 atom stereocenters. The Hall–Kier alpha value is -3.44. The van der Waals surface area contributed by atoms with Gasteiger partial charge in [-0.05, 0) is 75.5 Å². The van der Waals surface area contributed by atoms with E-state index in [4.69, 9.17) is 9.98 Å². The Bertz CT molecular complexity index is 1470. The average molecular weight is 572 g/mol. The normalized spacial score (nSPS) is 39.4. The van der Waals surface area contributed by atoms with Gasteiger partial charge in [-0.1, -0.05) is 79.0 Å². The van der Waals surface area contributed by atoms with Crippen LogP contribution in [0.3, 0.4) is 0 Å². The van der Waals surface area contributed by atoms with Crippen LogP contribution in [0.4, 0.5) is 0 Å². The maximum absolute atomic E-state index is 5.38. The van der Waals surface area contributed by atoms with Gasteiger partial charge in [0.15, 0.2) is 0 Å². The molecule has 8 rings (SSSR count). The predicted octanol–water partition coefficient (Wildman–Crippen LogP) is 6.76. The second-order valence-corrected chi connectivity index (χ2v) is 13.6. The Morgan fingerprint density at radius 1 is 0.860 bits per heavy atom. The van der Waals surface area contributed by atoms with Crippen LogP contribution in [0.5, 0.6) is 0 Å². The van der Waals surface area contributed by atoms with Crippen LogP contribution in [0.2, 0.25) is 0 Å². The van der Waals surface area contributed by atoms with E-state index >= 15 is 0 Å². The zero-order chi connectivity index (χ0) is 28.8. The molecule has 2 saturated heterocycles. The van der Waals surface area contributed by atoms with Gasteiger partial charge in [-0.2, -0.15) is 0 Å². The Morgan fingerprint density at radius 2 is 1.79 bits per heavy atom. The second kappa shape index (κ2) is 11.6. The topological polar surface area (TPSA) is 60.8 Å². The van der Waals surface area contributed by atoms with Crippen molar-refractivity contribution in [2.75, 3.05) is 0 Å². The van der Waals surface area contributed by atoms with E-state index in [1.165, 1.54) is 30.5 Å². The largest absolute Gasteiger partial charge is 0.385 e. The summed E-state index contributed by atoms with van der Waals surface area (Å²) in [5.74, 6) is 3.95. The summed E-state index contributed by atoms with van der Waals surface area (Å²) in [7, 11) is 0. The first kappa shape index (κ1) is 27.1. The lowest BCUT2D eigenvalue weighted by Gasteiger charge is -2.50. The van der Waals surface area contributed by atoms with Crippen LogP contribution in [-0.4, -0.2) is 36.0 Å². The molecule has 0 aromatic heterocycles. The van der Waals surface area contributed by atoms with E-state index in [9.17, 15) is 0 Å². The van der Waals surface area contributed by atoms with Crippen LogP contribution in [-0.2, 0) is 0 Å². The first-order valence-corrected chi connectivity index (χ1v) is 16.8. The second-order valence-electron chi connectivity index (χ2n) is 13.6. The zero-order valence-electron chi connectivity index (χ0n) is 25.3. The molecular formula is C38H45N5. The van der Waals surface area contributed by atoms with Crippen molar-refractivity contribution in [1.29, 1.82) is 0 Å². The van der Waals surface area contributed by atoms with Gasteiger partial charge in [-0.25, -0.2) is 9.98 Å². The SMILES string of the molecule is CC1CC(C2=CCC(C3=NC(C4C=CC=CC4)NC(C4=CCCC=C4)=N3)C=C2C2C3CC=CC=C3NC3CCC=CC32)N1. The van der Waals surface area contributed by atoms with Crippen molar-refractivity contribution in [3.8, 4) is 0 Å². The Balaban J connectivity index is 1.20. The van der Waals surface area contributed by atoms with E-state index in [1.807, 2.05) is 0 Å². The number of rotatable bonds is 5. The number of aliphatic imine (C=N–C) groups is 2. The highest BCUT2D eigenvalue weighted by atomic mass is 15.2. The molecule has 0 amide bonds. The summed E-state index contributed by atoms with van der Waals surface area (Å²) in [6.45, 7) is 2.31. The predicted molar refractivity (Wildman–Crippen MR) is 178 cm³/mol. The Labute approximate surface area is 256 Å². The number of fused-ring (bicyclic) bond motifs is 2. The molecule has 0 spiro atoms. The van der Waals surface area contributed by atoms with Gasteiger partial charge in [-0.3, -0.25) is 0 Å². The summed E-state index contributed by atoms with van der Waals surface area (Å²) in [4.78, 5) is 10.7. The molecule has 43 heavy (non-hydrogen) atoms. The van der Waals surface area contributed by atoms with Crippen molar-refractivity contribution in [3.63, 3.8) is 0 Å². The quantitative estimate of drug-likeness (QED) is 0.320. The average Bonchev–Trinajstić information content (AvgIpc) is 3.06. The van der Waals surface area contributed by atoms with Gasteiger partial charge in [0.25, 0.3) is 0 Å². The van der Waals surface area contributed by atoms with E-state index < -0.39 is 0 Å². The lowest BCUT2D eigenvalue weighted by Crippen LogP contribution is -2.55. The Morgan fingerprint density at radius 3 is 2.63 bits per heavy atom. The van der Waals surface area contributed by atoms with Gasteiger partial charge in [0.2, 0.25) is 0 Å². The molecule has 222 valence electrons. The third kappa shape index (κ3) is 5.20. The van der Waals surface area contributed by atoms with Crippen LogP contribution in [0, 0.1) is 29.6 Å². The first-order chi connectivity index (χ1) is 21.2. The molecule has 8 aliphatic rings. The van der Waals surface area contributed by atoms with Crippen molar-refractivity contribution >= 4 is 11.7 Å². The van der Waals surface area contributed by atoms with E-state index in [1.54, 1.807) is 11.1 Å². The molecule has 0 aromatic rings. The van der Waals surface area contributed by atoms with E-state index in [2.05, 4.69) is 108 Å². The minimum absolute atomic E-state index is 0.00106. The summed E-state index contributed by atoms with van der Waals surface area (Å²) >= 11 is 0. The monoisotopic (exact) mass is 571 g/mol. The molecule has 0 aromatic carbocycles. The number of allylic oxidation sites excluding steroid dienone is 11. The summed E-state index contributed by atoms with van der Waals surface area (Å²) in [6.07, 6.45) is 41.7. The van der Waals surface area contributed by atoms with Gasteiger partial charge in [0.1, 0.15) is 17.8 Å². The van der Waals surface area contributed by atoms with Gasteiger partial charge < -0.3 is 16.0 Å². The van der Waals surface area contributed by atoms with Crippen LogP contribution in [0.1, 0.15) is 58.3 Å². The Kier molecular flexibility index (Phi) is 7.30. The van der Waals surface area contributed by atoms with Crippen LogP contribution < -0.4 is 16.0 Å². The van der Waals surface area contributed by atoms with Gasteiger partial charge in [0.05, 0.1) is 0 Å². The summed E-state index contributed by atoms with van der Waals surface area (Å²) in [5.41, 5.74) is 5.75. The standard InChI is InChI=1S/C38H45N5/c1-24-22-34(39-24)28-21-20-27(23-31(28)35-29-16-8-10-18-32(29)40-33-19-11-9-17-30(33)35)38-42-36(25-12-4-2-5-13-25)41-37(43-38)26-14-6-3-7-15-26/h2,4-6,8-10,12,14-15,17-18,21,23-25,27,29-30,33-36,39-40H,3,7,11,13,16,19-20,22H2,1H3,(H,41,42,43). The molecule has 0 bridgehead atoms. The number of nitrogens with one attached hydrogen (secondary N) is 3. The molecule has 5 aliphatic carbocycles. The van der Waals surface area contributed by atoms with E-state index in [0.717, 1.165) is 43.8 Å². The number of amidine groups is 2. The highest BCUT2D eigenvalue weighted by Gasteiger charge is 2.46. The van der Waals surface area contributed by atoms with Crippen molar-refractivity contribution in [2.24, 2.45) is 39.6 Å². The molecule has 3 heterocycles. The molecule has 5 nitrogen and oxygen atoms in total. The fourth-order valence-corrected chi connectivity index (χ4v) is 8.55. The third-order valence-electron chi connectivity index (χ3n) is 10.8. The lowest BCUT2D eigenvalue weighted by molar-refractivity contribution is 0.203. The highest BCUT2D eigenvalue weighted by Crippen LogP contribution is 2.49. The number of piperidine rings is 1. The zero-order valence-corrected chi connectivity index (χ0v) is 25.3. The minimum Gasteiger partial charge on any atom is -0.385 e. The van der Waals surface area contributed by atoms with Crippen LogP contribution in [0.25, 0.3) is 0 Å². The molecule has 0 saturated carbocycles. The third-order valence-corrected chi connectivity index (χ3v) is 10.8. The molecule has 3 N–H and O–H groups in total. The number of hydrogen-bond donors (Lipinski definition) is 3. The number of hydrogen-bond acceptors (Lipinski definition) is 5. The van der Waals surface area contributed by atoms with Gasteiger partial charge in [-0.15, -0.1) is 0 Å². The van der Waals surface area contributed by atoms with Crippen LogP contribution >= 0.6 is 0 Å². The number of nitrogens with zero attached hydrogens (tertiary/aromatic N) is 2. The van der Waals surface area contributed by atoms with Crippen molar-refractivity contribution < 1.29 is 0 Å². The summed E-state index contributed by atoms with van der Waals surface area (Å²) < 4.78 is 0. The molecule has 5 heteroatoms. The van der Waals surface area contributed by atoms with Crippen molar-refractivity contribution in [3.05, 3.63) is 107 Å². The van der Waals surface area contributed by atoms with Gasteiger partial charge >= 0.3 is 0 Å². The minimum atomic E-state index is -0.00106. The fraction of sp³-hybridized carbons (Fsp3) is 0.474. The maximum Gasteiger partial charge on any atom is 0.136 e. The fourth-order valence-electron chi connectivity index (χ4n) is 8.55. The molecular weight excluding hydrogens is 526 g/mol. The smallest absolute Gasteiger partial charge is 0.136 e. The molecule has 3 aliphatic heterocycles. The van der Waals surface area contributed by atoms with E-state index in [0.29, 0.717) is 41.8 Å². The summed E-state index contributed by atoms with van der Waals surface area (Å²) in [6, 6.07) is 1.54. The maximum atomic E-state index is 5.38. The van der Waals surface area contributed by atoms with Crippen LogP contribution in [0.15, 0.2) is 117 Å². The highest BCUT2D eigenvalue weighted by molar-refractivity contribution is 6.10. The molecule has 9 unspecified atom stereocenters. The molecule has 0 radical (unpaired) electrons. The summed E-state index contributed by atoms with van der Waals surface area (Å²) in [5, 5.41) is 11.6. The van der Waals surface area contributed by atoms with Crippen molar-refractivity contribution in [1.82, 2.24) is 16.0 Å². The lowest BCUT2D eigenvalue weighted by atomic mass is 9.61. The first-order valence-electron chi connectivity index (χ1n) is 16.8. The molecule has 2 fully saturated rings. The van der Waals surface area contributed by atoms with Crippen molar-refractivity contribution in [2.45, 2.75) is 82.6 Å². The van der Waals surface area contributed by atoms with Gasteiger partial charge in [0, 0.05) is 59.0 Å².